The summed E-state index contributed by atoms with van der Waals surface area (Å²) in [5.74, 6) is 0.798. The van der Waals surface area contributed by atoms with Crippen LogP contribution in [0.25, 0.3) is 11.2 Å². The third-order valence-corrected chi connectivity index (χ3v) is 5.18. The van der Waals surface area contributed by atoms with Crippen LogP contribution in [0.5, 0.6) is 0 Å². The molecule has 1 aliphatic rings. The van der Waals surface area contributed by atoms with Crippen molar-refractivity contribution in [2.45, 2.75) is 24.9 Å². The second-order valence-electron chi connectivity index (χ2n) is 7.08. The Morgan fingerprint density at radius 2 is 2.07 bits per heavy atom. The van der Waals surface area contributed by atoms with Crippen molar-refractivity contribution in [2.24, 2.45) is 7.05 Å². The number of pyridine rings is 1. The molecule has 1 fully saturated rings. The third kappa shape index (κ3) is 3.46. The number of amides is 1. The van der Waals surface area contributed by atoms with Crippen LogP contribution in [-0.4, -0.2) is 38.4 Å². The fourth-order valence-corrected chi connectivity index (χ4v) is 3.75. The number of benzene rings is 1. The highest BCUT2D eigenvalue weighted by Gasteiger charge is 2.32. The van der Waals surface area contributed by atoms with Crippen molar-refractivity contribution in [3.63, 3.8) is 0 Å². The minimum Gasteiger partial charge on any atom is -0.342 e. The number of hydrogen-bond donors (Lipinski definition) is 0. The number of fused-ring (bicyclic) bond motifs is 1. The molecule has 1 aromatic carbocycles. The molecule has 5 nitrogen and oxygen atoms in total. The van der Waals surface area contributed by atoms with Gasteiger partial charge in [-0.15, -0.1) is 0 Å². The van der Waals surface area contributed by atoms with E-state index in [1.807, 2.05) is 23.7 Å². The predicted octanol–water partition coefficient (Wildman–Crippen LogP) is 3.55. The van der Waals surface area contributed by atoms with Crippen LogP contribution in [0.15, 0.2) is 42.6 Å². The van der Waals surface area contributed by atoms with Crippen molar-refractivity contribution < 1.29 is 18.0 Å². The van der Waals surface area contributed by atoms with Gasteiger partial charge in [0.25, 0.3) is 0 Å². The van der Waals surface area contributed by atoms with Crippen LogP contribution >= 0.6 is 0 Å². The normalized spacial score (nSPS) is 17.4. The number of carbonyl (C=O) groups is 1. The van der Waals surface area contributed by atoms with Gasteiger partial charge in [-0.3, -0.25) is 4.79 Å². The minimum atomic E-state index is -4.41. The van der Waals surface area contributed by atoms with E-state index in [2.05, 4.69) is 9.97 Å². The highest BCUT2D eigenvalue weighted by Crippen LogP contribution is 2.31. The van der Waals surface area contributed by atoms with Crippen molar-refractivity contribution in [2.75, 3.05) is 13.1 Å². The van der Waals surface area contributed by atoms with Crippen LogP contribution in [0.1, 0.15) is 29.3 Å². The maximum Gasteiger partial charge on any atom is 0.416 e. The Bertz CT molecular complexity index is 1030. The molecule has 1 saturated heterocycles. The molecule has 28 heavy (non-hydrogen) atoms. The summed E-state index contributed by atoms with van der Waals surface area (Å²) in [5, 5.41) is 0. The molecule has 1 amide bonds. The molecule has 0 radical (unpaired) electrons. The second kappa shape index (κ2) is 6.92. The van der Waals surface area contributed by atoms with Crippen LogP contribution in [0, 0.1) is 0 Å². The fraction of sp³-hybridized carbons (Fsp3) is 0.350. The Kier molecular flexibility index (Phi) is 4.56. The molecule has 1 aliphatic heterocycles. The Balaban J connectivity index is 1.47. The number of aryl methyl sites for hydroxylation is 1. The van der Waals surface area contributed by atoms with Gasteiger partial charge in [0.2, 0.25) is 5.91 Å². The molecule has 1 atom stereocenters. The van der Waals surface area contributed by atoms with E-state index in [1.54, 1.807) is 17.2 Å². The number of imidazole rings is 1. The molecule has 4 rings (SSSR count). The van der Waals surface area contributed by atoms with Crippen molar-refractivity contribution >= 4 is 17.1 Å². The highest BCUT2D eigenvalue weighted by molar-refractivity contribution is 5.79. The zero-order chi connectivity index (χ0) is 19.9. The van der Waals surface area contributed by atoms with Gasteiger partial charge in [-0.05, 0) is 30.2 Å². The van der Waals surface area contributed by atoms with Crippen molar-refractivity contribution in [3.8, 4) is 0 Å². The SMILES string of the molecule is Cn1c(C2CCN(C(=O)Cc3cccc(C(F)(F)F)c3)C2)nc2cccnc21. The average Bonchev–Trinajstić information content (AvgIpc) is 3.27. The van der Waals surface area contributed by atoms with E-state index in [1.165, 1.54) is 6.07 Å². The van der Waals surface area contributed by atoms with Gasteiger partial charge in [0.05, 0.1) is 12.0 Å². The minimum absolute atomic E-state index is 0.0409. The van der Waals surface area contributed by atoms with E-state index in [-0.39, 0.29) is 18.2 Å². The molecular weight excluding hydrogens is 369 g/mol. The average molecular weight is 388 g/mol. The van der Waals surface area contributed by atoms with Crippen LogP contribution in [0.2, 0.25) is 0 Å². The fourth-order valence-electron chi connectivity index (χ4n) is 3.75. The summed E-state index contributed by atoms with van der Waals surface area (Å²) in [4.78, 5) is 23.3. The first-order valence-corrected chi connectivity index (χ1v) is 9.04. The summed E-state index contributed by atoms with van der Waals surface area (Å²) in [6, 6.07) is 8.68. The van der Waals surface area contributed by atoms with Gasteiger partial charge in [-0.25, -0.2) is 9.97 Å². The summed E-state index contributed by atoms with van der Waals surface area (Å²) >= 11 is 0. The Morgan fingerprint density at radius 1 is 1.25 bits per heavy atom. The lowest BCUT2D eigenvalue weighted by Gasteiger charge is -2.17. The molecule has 0 N–H and O–H groups in total. The van der Waals surface area contributed by atoms with Gasteiger partial charge in [0.15, 0.2) is 5.65 Å². The first kappa shape index (κ1) is 18.5. The van der Waals surface area contributed by atoms with E-state index in [0.717, 1.165) is 35.5 Å². The Morgan fingerprint density at radius 3 is 2.82 bits per heavy atom. The highest BCUT2D eigenvalue weighted by atomic mass is 19.4. The number of alkyl halides is 3. The number of hydrogen-bond acceptors (Lipinski definition) is 3. The number of nitrogens with zero attached hydrogens (tertiary/aromatic N) is 4. The van der Waals surface area contributed by atoms with Crippen molar-refractivity contribution in [1.29, 1.82) is 0 Å². The van der Waals surface area contributed by atoms with E-state index in [9.17, 15) is 18.0 Å². The van der Waals surface area contributed by atoms with Gasteiger partial charge >= 0.3 is 6.18 Å². The van der Waals surface area contributed by atoms with E-state index in [4.69, 9.17) is 0 Å². The number of likely N-dealkylation sites (tertiary alicyclic amines) is 1. The predicted molar refractivity (Wildman–Crippen MR) is 97.6 cm³/mol. The number of rotatable bonds is 3. The number of aromatic nitrogens is 3. The maximum atomic E-state index is 12.9. The van der Waals surface area contributed by atoms with Crippen LogP contribution < -0.4 is 0 Å². The largest absolute Gasteiger partial charge is 0.416 e. The topological polar surface area (TPSA) is 51.0 Å². The van der Waals surface area contributed by atoms with E-state index >= 15 is 0 Å². The summed E-state index contributed by atoms with van der Waals surface area (Å²) in [5.41, 5.74) is 1.25. The molecular formula is C20H19F3N4O. The summed E-state index contributed by atoms with van der Waals surface area (Å²) in [7, 11) is 1.91. The van der Waals surface area contributed by atoms with E-state index < -0.39 is 11.7 Å². The van der Waals surface area contributed by atoms with Gasteiger partial charge in [-0.2, -0.15) is 13.2 Å². The molecule has 2 aromatic heterocycles. The summed E-state index contributed by atoms with van der Waals surface area (Å²) in [6.45, 7) is 1.08. The van der Waals surface area contributed by atoms with E-state index in [0.29, 0.717) is 18.7 Å². The lowest BCUT2D eigenvalue weighted by atomic mass is 10.1. The zero-order valence-electron chi connectivity index (χ0n) is 15.3. The Labute approximate surface area is 159 Å². The van der Waals surface area contributed by atoms with Crippen LogP contribution in [0.4, 0.5) is 13.2 Å². The summed E-state index contributed by atoms with van der Waals surface area (Å²) in [6.07, 6.45) is -1.97. The van der Waals surface area contributed by atoms with Gasteiger partial charge in [0, 0.05) is 32.3 Å². The van der Waals surface area contributed by atoms with Crippen LogP contribution in [-0.2, 0) is 24.4 Å². The smallest absolute Gasteiger partial charge is 0.342 e. The zero-order valence-corrected chi connectivity index (χ0v) is 15.3. The molecule has 0 bridgehead atoms. The molecule has 8 heteroatoms. The first-order chi connectivity index (χ1) is 13.3. The van der Waals surface area contributed by atoms with Gasteiger partial charge in [0.1, 0.15) is 11.3 Å². The van der Waals surface area contributed by atoms with Crippen LogP contribution in [0.3, 0.4) is 0 Å². The molecule has 3 heterocycles. The quantitative estimate of drug-likeness (QED) is 0.690. The lowest BCUT2D eigenvalue weighted by molar-refractivity contribution is -0.138. The second-order valence-corrected chi connectivity index (χ2v) is 7.08. The van der Waals surface area contributed by atoms with Crippen molar-refractivity contribution in [3.05, 3.63) is 59.5 Å². The summed E-state index contributed by atoms with van der Waals surface area (Å²) < 4.78 is 40.5. The molecule has 0 saturated carbocycles. The first-order valence-electron chi connectivity index (χ1n) is 9.04. The molecule has 0 spiro atoms. The number of carbonyl (C=O) groups excluding carboxylic acids is 1. The third-order valence-electron chi connectivity index (χ3n) is 5.18. The molecule has 146 valence electrons. The van der Waals surface area contributed by atoms with Crippen molar-refractivity contribution in [1.82, 2.24) is 19.4 Å². The molecule has 0 aliphatic carbocycles. The molecule has 1 unspecified atom stereocenters. The monoisotopic (exact) mass is 388 g/mol. The van der Waals surface area contributed by atoms with Gasteiger partial charge in [-0.1, -0.05) is 18.2 Å². The standard InChI is InChI=1S/C20H19F3N4O/c1-26-18(25-16-6-3-8-24-19(16)26)14-7-9-27(12-14)17(28)11-13-4-2-5-15(10-13)20(21,22)23/h2-6,8,10,14H,7,9,11-12H2,1H3. The maximum absolute atomic E-state index is 12.9. The lowest BCUT2D eigenvalue weighted by Crippen LogP contribution is -2.30. The Hall–Kier alpha value is -2.90. The molecule has 3 aromatic rings. The van der Waals surface area contributed by atoms with Gasteiger partial charge < -0.3 is 9.47 Å². The number of halogens is 3.